The molecule has 1 saturated heterocycles. The van der Waals surface area contributed by atoms with Gasteiger partial charge in [-0.25, -0.2) is 22.0 Å². The quantitative estimate of drug-likeness (QED) is 0.289. The Morgan fingerprint density at radius 1 is 1.13 bits per heavy atom. The number of halogens is 5. The van der Waals surface area contributed by atoms with Crippen LogP contribution in [0.3, 0.4) is 0 Å². The van der Waals surface area contributed by atoms with Gasteiger partial charge in [-0.05, 0) is 62.4 Å². The molecule has 1 fully saturated rings. The number of piperidine rings is 1. The van der Waals surface area contributed by atoms with Crippen molar-refractivity contribution < 1.29 is 31.8 Å². The van der Waals surface area contributed by atoms with E-state index in [0.29, 0.717) is 67.7 Å². The summed E-state index contributed by atoms with van der Waals surface area (Å²) in [6.07, 6.45) is 1.71. The summed E-state index contributed by atoms with van der Waals surface area (Å²) >= 11 is 0. The highest BCUT2D eigenvalue weighted by atomic mass is 19.2. The van der Waals surface area contributed by atoms with Crippen molar-refractivity contribution in [3.8, 4) is 5.75 Å². The number of aliphatic hydroxyl groups excluding tert-OH is 1. The number of hydrogen-bond donors (Lipinski definition) is 2. The fourth-order valence-electron chi connectivity index (χ4n) is 5.20. The van der Waals surface area contributed by atoms with E-state index in [1.165, 1.54) is 13.3 Å². The van der Waals surface area contributed by atoms with Gasteiger partial charge in [0.15, 0.2) is 11.6 Å². The van der Waals surface area contributed by atoms with E-state index in [9.17, 15) is 22.7 Å². The topological polar surface area (TPSA) is 57.6 Å². The van der Waals surface area contributed by atoms with E-state index in [1.54, 1.807) is 18.2 Å². The highest BCUT2D eigenvalue weighted by Crippen LogP contribution is 2.41. The average molecular weight is 538 g/mol. The number of anilines is 1. The van der Waals surface area contributed by atoms with Crippen molar-refractivity contribution in [1.29, 1.82) is 0 Å². The summed E-state index contributed by atoms with van der Waals surface area (Å²) in [5.41, 5.74) is 0.191. The van der Waals surface area contributed by atoms with Crippen LogP contribution in [0.5, 0.6) is 5.75 Å². The Morgan fingerprint density at radius 2 is 1.84 bits per heavy atom. The molecule has 0 spiro atoms. The predicted molar refractivity (Wildman–Crippen MR) is 136 cm³/mol. The van der Waals surface area contributed by atoms with Crippen molar-refractivity contribution in [2.75, 3.05) is 45.2 Å². The maximum Gasteiger partial charge on any atom is 0.152 e. The van der Waals surface area contributed by atoms with Gasteiger partial charge in [-0.15, -0.1) is 0 Å². The molecule has 1 aliphatic heterocycles. The molecule has 10 heteroatoms. The smallest absolute Gasteiger partial charge is 0.152 e. The molecule has 5 nitrogen and oxygen atoms in total. The van der Waals surface area contributed by atoms with Gasteiger partial charge in [0.1, 0.15) is 30.1 Å². The minimum absolute atomic E-state index is 0.0985. The predicted octanol–water partition coefficient (Wildman–Crippen LogP) is 6.11. The summed E-state index contributed by atoms with van der Waals surface area (Å²) in [4.78, 5) is 6.34. The molecular weight excluding hydrogens is 505 g/mol. The zero-order chi connectivity index (χ0) is 27.3. The van der Waals surface area contributed by atoms with Crippen LogP contribution in [0.2, 0.25) is 0 Å². The van der Waals surface area contributed by atoms with Gasteiger partial charge in [-0.2, -0.15) is 0 Å². The maximum atomic E-state index is 15.7. The Balaban J connectivity index is 1.35. The minimum Gasteiger partial charge on any atom is -0.497 e. The number of methoxy groups -OCH3 is 1. The van der Waals surface area contributed by atoms with Crippen molar-refractivity contribution in [3.05, 3.63) is 65.1 Å². The zero-order valence-corrected chi connectivity index (χ0v) is 21.3. The number of fused-ring (bicyclic) bond motifs is 1. The molecule has 0 unspecified atom stereocenters. The summed E-state index contributed by atoms with van der Waals surface area (Å²) in [5, 5.41) is 13.4. The zero-order valence-electron chi connectivity index (χ0n) is 21.3. The van der Waals surface area contributed by atoms with Gasteiger partial charge >= 0.3 is 0 Å². The molecule has 1 atom stereocenters. The lowest BCUT2D eigenvalue weighted by Crippen LogP contribution is -2.43. The Bertz CT molecular complexity index is 1220. The molecule has 2 N–H and O–H groups in total. The summed E-state index contributed by atoms with van der Waals surface area (Å²) in [6.45, 7) is 1.06. The number of alkyl halides is 2. The number of aromatic nitrogens is 1. The second kappa shape index (κ2) is 12.3. The first-order valence-electron chi connectivity index (χ1n) is 12.7. The third-order valence-electron chi connectivity index (χ3n) is 7.57. The van der Waals surface area contributed by atoms with Gasteiger partial charge < -0.3 is 20.1 Å². The number of rotatable bonds is 11. The van der Waals surface area contributed by atoms with Gasteiger partial charge in [-0.3, -0.25) is 4.98 Å². The highest BCUT2D eigenvalue weighted by Gasteiger charge is 2.35. The van der Waals surface area contributed by atoms with E-state index < -0.39 is 35.7 Å². The van der Waals surface area contributed by atoms with E-state index in [-0.39, 0.29) is 36.4 Å². The second-order valence-electron chi connectivity index (χ2n) is 9.89. The van der Waals surface area contributed by atoms with Crippen LogP contribution in [0, 0.1) is 22.9 Å². The molecule has 206 valence electrons. The summed E-state index contributed by atoms with van der Waals surface area (Å²) in [6, 6.07) is 6.36. The number of ether oxygens (including phenoxy) is 1. The van der Waals surface area contributed by atoms with Crippen LogP contribution < -0.4 is 10.1 Å². The van der Waals surface area contributed by atoms with Crippen LogP contribution in [0.15, 0.2) is 36.5 Å². The van der Waals surface area contributed by atoms with Gasteiger partial charge in [0.05, 0.1) is 12.6 Å². The lowest BCUT2D eigenvalue weighted by atomic mass is 9.74. The second-order valence-corrected chi connectivity index (χ2v) is 9.89. The third-order valence-corrected chi connectivity index (χ3v) is 7.57. The van der Waals surface area contributed by atoms with Crippen LogP contribution >= 0.6 is 0 Å². The standard InChI is InChI=1S/C28H32F5N3O2/c1-38-20-2-3-25-21(14-20)26(18(15-29)16-35-25)22(31)4-5-28(17-37)6-9-36(10-7-28)11-8-34-27-23(32)12-19(30)13-24(27)33/h2-3,12-14,16,22,34,37H,4-11,15,17H2,1H3/t22-/m0/s1. The molecule has 0 bridgehead atoms. The summed E-state index contributed by atoms with van der Waals surface area (Å²) in [7, 11) is 1.51. The minimum atomic E-state index is -1.44. The van der Waals surface area contributed by atoms with Crippen LogP contribution in [0.1, 0.15) is 43.0 Å². The van der Waals surface area contributed by atoms with E-state index in [4.69, 9.17) is 4.74 Å². The SMILES string of the molecule is COc1ccc2ncc(CF)c([C@@H](F)CCC3(CO)CCN(CCNc4c(F)cc(F)cc4F)CC3)c2c1. The van der Waals surface area contributed by atoms with Crippen molar-refractivity contribution in [1.82, 2.24) is 9.88 Å². The van der Waals surface area contributed by atoms with Crippen LogP contribution in [0.4, 0.5) is 27.6 Å². The summed E-state index contributed by atoms with van der Waals surface area (Å²) in [5.74, 6) is -2.42. The van der Waals surface area contributed by atoms with Crippen molar-refractivity contribution in [2.45, 2.75) is 38.5 Å². The average Bonchev–Trinajstić information content (AvgIpc) is 2.92. The molecule has 38 heavy (non-hydrogen) atoms. The Labute approximate surface area is 218 Å². The number of aliphatic hydroxyl groups is 1. The van der Waals surface area contributed by atoms with Crippen molar-refractivity contribution in [2.24, 2.45) is 5.41 Å². The van der Waals surface area contributed by atoms with E-state index in [2.05, 4.69) is 15.2 Å². The van der Waals surface area contributed by atoms with Gasteiger partial charge in [-0.1, -0.05) is 0 Å². The number of likely N-dealkylation sites (tertiary alicyclic amines) is 1. The van der Waals surface area contributed by atoms with Crippen molar-refractivity contribution >= 4 is 16.6 Å². The molecule has 2 aromatic carbocycles. The number of benzene rings is 2. The molecule has 0 amide bonds. The normalized spacial score (nSPS) is 16.5. The van der Waals surface area contributed by atoms with E-state index >= 15 is 4.39 Å². The first kappa shape index (κ1) is 28.0. The van der Waals surface area contributed by atoms with Crippen LogP contribution in [0.25, 0.3) is 10.9 Å². The van der Waals surface area contributed by atoms with Gasteiger partial charge in [0, 0.05) is 54.5 Å². The molecule has 0 radical (unpaired) electrons. The Kier molecular flexibility index (Phi) is 9.04. The third kappa shape index (κ3) is 6.18. The first-order chi connectivity index (χ1) is 18.3. The number of nitrogens with zero attached hydrogens (tertiary/aromatic N) is 2. The van der Waals surface area contributed by atoms with Gasteiger partial charge in [0.25, 0.3) is 0 Å². The lowest BCUT2D eigenvalue weighted by Gasteiger charge is -2.41. The van der Waals surface area contributed by atoms with Gasteiger partial charge in [0.2, 0.25) is 0 Å². The van der Waals surface area contributed by atoms with E-state index in [1.807, 2.05) is 0 Å². The molecule has 0 aliphatic carbocycles. The fraction of sp³-hybridized carbons (Fsp3) is 0.464. The Morgan fingerprint density at radius 3 is 2.47 bits per heavy atom. The monoisotopic (exact) mass is 537 g/mol. The Hall–Kier alpha value is -2.98. The lowest BCUT2D eigenvalue weighted by molar-refractivity contribution is 0.0315. The fourth-order valence-corrected chi connectivity index (χ4v) is 5.20. The maximum absolute atomic E-state index is 15.7. The van der Waals surface area contributed by atoms with Crippen LogP contribution in [-0.2, 0) is 6.67 Å². The summed E-state index contributed by atoms with van der Waals surface area (Å²) < 4.78 is 75.4. The molecule has 1 aliphatic rings. The molecule has 2 heterocycles. The molecular formula is C28H32F5N3O2. The van der Waals surface area contributed by atoms with E-state index in [0.717, 1.165) is 0 Å². The molecule has 0 saturated carbocycles. The molecule has 4 rings (SSSR count). The largest absolute Gasteiger partial charge is 0.497 e. The number of nitrogens with one attached hydrogen (secondary N) is 1. The van der Waals surface area contributed by atoms with Crippen LogP contribution in [-0.4, -0.2) is 54.9 Å². The van der Waals surface area contributed by atoms with Crippen molar-refractivity contribution in [3.63, 3.8) is 0 Å². The highest BCUT2D eigenvalue weighted by molar-refractivity contribution is 5.85. The molecule has 3 aromatic rings. The number of pyridine rings is 1. The number of hydrogen-bond acceptors (Lipinski definition) is 5. The molecule has 1 aromatic heterocycles. The first-order valence-corrected chi connectivity index (χ1v) is 12.7.